The molecule has 0 aromatic carbocycles. The van der Waals surface area contributed by atoms with E-state index in [1.165, 1.54) is 0 Å². The summed E-state index contributed by atoms with van der Waals surface area (Å²) >= 11 is 5.71. The number of ether oxygens (including phenoxy) is 1. The van der Waals surface area contributed by atoms with Crippen LogP contribution in [0.15, 0.2) is 10.6 Å². The van der Waals surface area contributed by atoms with Crippen molar-refractivity contribution in [2.75, 3.05) is 13.2 Å². The van der Waals surface area contributed by atoms with Gasteiger partial charge in [-0.05, 0) is 5.57 Å². The van der Waals surface area contributed by atoms with Crippen LogP contribution in [-0.4, -0.2) is 19.0 Å². The second kappa shape index (κ2) is 2.07. The van der Waals surface area contributed by atoms with E-state index in [9.17, 15) is 4.79 Å². The molecule has 0 spiro atoms. The molecule has 1 fully saturated rings. The van der Waals surface area contributed by atoms with Crippen LogP contribution in [0.4, 0.5) is 0 Å². The molecule has 0 aromatic heterocycles. The predicted octanol–water partition coefficient (Wildman–Crippen LogP) is 1.10. The number of hydrogen-bond donors (Lipinski definition) is 0. The van der Waals surface area contributed by atoms with Gasteiger partial charge in [0.15, 0.2) is 5.78 Å². The first kappa shape index (κ1) is 6.38. The fourth-order valence-electron chi connectivity index (χ4n) is 1.45. The third kappa shape index (κ3) is 0.724. The summed E-state index contributed by atoms with van der Waals surface area (Å²) in [5.41, 5.74) is 1.02. The van der Waals surface area contributed by atoms with Crippen LogP contribution in [0, 0.1) is 5.92 Å². The average Bonchev–Trinajstić information content (AvgIpc) is 2.41. The molecule has 0 aromatic rings. The van der Waals surface area contributed by atoms with Gasteiger partial charge in [0.25, 0.3) is 0 Å². The van der Waals surface area contributed by atoms with Gasteiger partial charge < -0.3 is 4.74 Å². The number of Topliss-reactive ketones (excluding diaryl/α,β-unsaturated/α-hetero) is 1. The Kier molecular flexibility index (Phi) is 1.32. The van der Waals surface area contributed by atoms with Crippen LogP contribution in [0.1, 0.15) is 6.42 Å². The van der Waals surface area contributed by atoms with Gasteiger partial charge in [-0.2, -0.15) is 0 Å². The van der Waals surface area contributed by atoms with Gasteiger partial charge in [-0.1, -0.05) is 11.6 Å². The summed E-state index contributed by atoms with van der Waals surface area (Å²) in [7, 11) is 0. The van der Waals surface area contributed by atoms with Crippen molar-refractivity contribution in [1.29, 1.82) is 0 Å². The lowest BCUT2D eigenvalue weighted by Crippen LogP contribution is -1.99. The molecule has 2 rings (SSSR count). The Labute approximate surface area is 63.8 Å². The van der Waals surface area contributed by atoms with Gasteiger partial charge >= 0.3 is 0 Å². The maximum atomic E-state index is 10.9. The molecule has 1 aliphatic heterocycles. The third-order valence-corrected chi connectivity index (χ3v) is 2.48. The summed E-state index contributed by atoms with van der Waals surface area (Å²) in [5.74, 6) is 0.393. The zero-order chi connectivity index (χ0) is 7.14. The van der Waals surface area contributed by atoms with Crippen molar-refractivity contribution in [1.82, 2.24) is 0 Å². The molecule has 1 unspecified atom stereocenters. The largest absolute Gasteiger partial charge is 0.376 e. The quantitative estimate of drug-likeness (QED) is 0.528. The molecule has 2 aliphatic rings. The van der Waals surface area contributed by atoms with Crippen LogP contribution in [0.3, 0.4) is 0 Å². The lowest BCUT2D eigenvalue weighted by Gasteiger charge is -1.95. The van der Waals surface area contributed by atoms with Crippen LogP contribution in [0.5, 0.6) is 0 Å². The highest BCUT2D eigenvalue weighted by atomic mass is 35.5. The molecule has 0 bridgehead atoms. The van der Waals surface area contributed by atoms with Gasteiger partial charge in [0.05, 0.1) is 18.2 Å². The highest BCUT2D eigenvalue weighted by Gasteiger charge is 2.34. The Morgan fingerprint density at radius 3 is 3.10 bits per heavy atom. The van der Waals surface area contributed by atoms with Gasteiger partial charge in [-0.3, -0.25) is 4.79 Å². The highest BCUT2D eigenvalue weighted by Crippen LogP contribution is 2.35. The Morgan fingerprint density at radius 1 is 1.60 bits per heavy atom. The number of allylic oxidation sites excluding steroid dienone is 1. The molecule has 1 heterocycles. The molecule has 54 valence electrons. The van der Waals surface area contributed by atoms with Gasteiger partial charge in [0.2, 0.25) is 0 Å². The minimum Gasteiger partial charge on any atom is -0.376 e. The molecule has 0 amide bonds. The number of rotatable bonds is 0. The third-order valence-electron chi connectivity index (χ3n) is 2.03. The van der Waals surface area contributed by atoms with E-state index in [1.807, 2.05) is 0 Å². The first-order chi connectivity index (χ1) is 4.79. The van der Waals surface area contributed by atoms with E-state index < -0.39 is 0 Å². The molecular weight excluding hydrogens is 152 g/mol. The Balaban J connectivity index is 2.37. The summed E-state index contributed by atoms with van der Waals surface area (Å²) in [4.78, 5) is 10.9. The summed E-state index contributed by atoms with van der Waals surface area (Å²) in [6.07, 6.45) is 0.564. The molecule has 2 nitrogen and oxygen atoms in total. The molecule has 1 aliphatic carbocycles. The van der Waals surface area contributed by atoms with Crippen LogP contribution < -0.4 is 0 Å². The predicted molar refractivity (Wildman–Crippen MR) is 36.8 cm³/mol. The first-order valence-corrected chi connectivity index (χ1v) is 3.66. The second-order valence-electron chi connectivity index (χ2n) is 2.68. The van der Waals surface area contributed by atoms with Crippen molar-refractivity contribution in [2.45, 2.75) is 6.42 Å². The van der Waals surface area contributed by atoms with Crippen molar-refractivity contribution < 1.29 is 9.53 Å². The molecule has 3 heteroatoms. The lowest BCUT2D eigenvalue weighted by atomic mass is 10.1. The summed E-state index contributed by atoms with van der Waals surface area (Å²) in [5, 5.41) is 0.433. The summed E-state index contributed by atoms with van der Waals surface area (Å²) in [6, 6.07) is 0. The molecule has 0 radical (unpaired) electrons. The molecule has 10 heavy (non-hydrogen) atoms. The minimum absolute atomic E-state index is 0.0879. The van der Waals surface area contributed by atoms with Crippen LogP contribution in [0.2, 0.25) is 0 Å². The standard InChI is InChI=1S/C7H7ClO2/c8-7-5-3-10-2-4(5)1-6(7)9/h4H,1-3H2. The van der Waals surface area contributed by atoms with Crippen LogP contribution >= 0.6 is 11.6 Å². The maximum absolute atomic E-state index is 10.9. The fourth-order valence-corrected chi connectivity index (χ4v) is 1.73. The van der Waals surface area contributed by atoms with E-state index >= 15 is 0 Å². The van der Waals surface area contributed by atoms with E-state index in [0.29, 0.717) is 30.6 Å². The Bertz CT molecular complexity index is 220. The van der Waals surface area contributed by atoms with Crippen LogP contribution in [0.25, 0.3) is 0 Å². The number of halogens is 1. The monoisotopic (exact) mass is 158 g/mol. The van der Waals surface area contributed by atoms with Crippen LogP contribution in [-0.2, 0) is 9.53 Å². The zero-order valence-corrected chi connectivity index (χ0v) is 6.15. The second-order valence-corrected chi connectivity index (χ2v) is 3.06. The highest BCUT2D eigenvalue weighted by molar-refractivity contribution is 6.43. The SMILES string of the molecule is O=C1CC2COCC2=C1Cl. The molecular formula is C7H7ClO2. The number of hydrogen-bond acceptors (Lipinski definition) is 2. The number of carbonyl (C=O) groups is 1. The fraction of sp³-hybridized carbons (Fsp3) is 0.571. The Hall–Kier alpha value is -0.340. The normalized spacial score (nSPS) is 31.7. The number of carbonyl (C=O) groups excluding carboxylic acids is 1. The van der Waals surface area contributed by atoms with Gasteiger partial charge in [0, 0.05) is 12.3 Å². The van der Waals surface area contributed by atoms with Crippen molar-refractivity contribution in [2.24, 2.45) is 5.92 Å². The first-order valence-electron chi connectivity index (χ1n) is 3.28. The van der Waals surface area contributed by atoms with Gasteiger partial charge in [0.1, 0.15) is 0 Å². The van der Waals surface area contributed by atoms with E-state index in [0.717, 1.165) is 5.57 Å². The molecule has 0 saturated carbocycles. The minimum atomic E-state index is 0.0879. The van der Waals surface area contributed by atoms with Gasteiger partial charge in [-0.25, -0.2) is 0 Å². The molecule has 1 saturated heterocycles. The van der Waals surface area contributed by atoms with E-state index in [4.69, 9.17) is 16.3 Å². The van der Waals surface area contributed by atoms with Crippen molar-refractivity contribution in [3.63, 3.8) is 0 Å². The smallest absolute Gasteiger partial charge is 0.174 e. The summed E-state index contributed by atoms with van der Waals surface area (Å²) < 4.78 is 5.14. The van der Waals surface area contributed by atoms with E-state index in [2.05, 4.69) is 0 Å². The molecule has 1 atom stereocenters. The van der Waals surface area contributed by atoms with Crippen molar-refractivity contribution in [3.8, 4) is 0 Å². The Morgan fingerprint density at radius 2 is 2.40 bits per heavy atom. The van der Waals surface area contributed by atoms with Crippen molar-refractivity contribution in [3.05, 3.63) is 10.6 Å². The number of fused-ring (bicyclic) bond motifs is 1. The topological polar surface area (TPSA) is 26.3 Å². The lowest BCUT2D eigenvalue weighted by molar-refractivity contribution is -0.115. The van der Waals surface area contributed by atoms with E-state index in [-0.39, 0.29) is 5.78 Å². The zero-order valence-electron chi connectivity index (χ0n) is 5.39. The maximum Gasteiger partial charge on any atom is 0.174 e. The van der Waals surface area contributed by atoms with Crippen molar-refractivity contribution >= 4 is 17.4 Å². The average molecular weight is 159 g/mol. The molecule has 0 N–H and O–H groups in total. The van der Waals surface area contributed by atoms with E-state index in [1.54, 1.807) is 0 Å². The van der Waals surface area contributed by atoms with Gasteiger partial charge in [-0.15, -0.1) is 0 Å². The number of ketones is 1. The summed E-state index contributed by atoms with van der Waals surface area (Å²) in [6.45, 7) is 1.24.